The van der Waals surface area contributed by atoms with E-state index in [-0.39, 0.29) is 11.5 Å². The van der Waals surface area contributed by atoms with E-state index in [9.17, 15) is 9.90 Å². The van der Waals surface area contributed by atoms with Crippen molar-refractivity contribution in [2.75, 3.05) is 0 Å². The summed E-state index contributed by atoms with van der Waals surface area (Å²) in [7, 11) is 0. The number of hydrogen-bond donors (Lipinski definition) is 1. The minimum atomic E-state index is -2.18. The first-order chi connectivity index (χ1) is 7.34. The molecule has 0 saturated heterocycles. The summed E-state index contributed by atoms with van der Waals surface area (Å²) in [6.45, 7) is 3.52. The second-order valence-corrected chi connectivity index (χ2v) is 5.10. The largest absolute Gasteiger partial charge is 0.504 e. The third-order valence-electron chi connectivity index (χ3n) is 1.65. The van der Waals surface area contributed by atoms with Crippen LogP contribution in [0.3, 0.4) is 0 Å². The molecule has 1 rings (SSSR count). The maximum absolute atomic E-state index is 11.2. The quantitative estimate of drug-likeness (QED) is 0.514. The Balaban J connectivity index is 2.91. The number of aromatic hydroxyl groups is 1. The van der Waals surface area contributed by atoms with E-state index >= 15 is 0 Å². The number of halogens is 3. The average Bonchev–Trinajstić information content (AvgIpc) is 2.19. The molecule has 0 unspecified atom stereocenters. The first-order valence-corrected chi connectivity index (χ1v) is 5.22. The molecule has 0 atom stereocenters. The van der Waals surface area contributed by atoms with Gasteiger partial charge in [0, 0.05) is 0 Å². The SMILES string of the molecule is C=Cc1ccc(OC(=O)C(Cl)(Cl)Cl)c(O)c1. The highest BCUT2D eigenvalue weighted by molar-refractivity contribution is 6.75. The number of carbonyl (C=O) groups excluding carboxylic acids is 1. The monoisotopic (exact) mass is 280 g/mol. The Morgan fingerprint density at radius 2 is 2.06 bits per heavy atom. The van der Waals surface area contributed by atoms with E-state index in [0.29, 0.717) is 5.56 Å². The van der Waals surface area contributed by atoms with Crippen molar-refractivity contribution in [3.8, 4) is 11.5 Å². The minimum absolute atomic E-state index is 0.0816. The highest BCUT2D eigenvalue weighted by Crippen LogP contribution is 2.32. The lowest BCUT2D eigenvalue weighted by Crippen LogP contribution is -2.24. The molecule has 0 spiro atoms. The van der Waals surface area contributed by atoms with E-state index in [0.717, 1.165) is 0 Å². The van der Waals surface area contributed by atoms with Gasteiger partial charge in [-0.25, -0.2) is 4.79 Å². The van der Waals surface area contributed by atoms with Gasteiger partial charge < -0.3 is 9.84 Å². The van der Waals surface area contributed by atoms with Crippen LogP contribution in [-0.4, -0.2) is 14.9 Å². The Morgan fingerprint density at radius 3 is 2.50 bits per heavy atom. The fourth-order valence-electron chi connectivity index (χ4n) is 0.905. The predicted octanol–water partition coefficient (Wildman–Crippen LogP) is 3.31. The normalized spacial score (nSPS) is 10.9. The highest BCUT2D eigenvalue weighted by Gasteiger charge is 2.33. The first-order valence-electron chi connectivity index (χ1n) is 4.09. The van der Waals surface area contributed by atoms with Gasteiger partial charge in [0.05, 0.1) is 0 Å². The molecule has 0 fully saturated rings. The third kappa shape index (κ3) is 3.30. The second-order valence-electron chi connectivity index (χ2n) is 2.82. The minimum Gasteiger partial charge on any atom is -0.504 e. The molecule has 0 saturated carbocycles. The van der Waals surface area contributed by atoms with Crippen molar-refractivity contribution in [1.82, 2.24) is 0 Å². The van der Waals surface area contributed by atoms with Gasteiger partial charge in [0.1, 0.15) is 0 Å². The summed E-state index contributed by atoms with van der Waals surface area (Å²) in [5.41, 5.74) is 0.672. The number of alkyl halides is 3. The zero-order valence-corrected chi connectivity index (χ0v) is 10.2. The molecule has 1 aromatic carbocycles. The van der Waals surface area contributed by atoms with Crippen molar-refractivity contribution in [1.29, 1.82) is 0 Å². The zero-order valence-electron chi connectivity index (χ0n) is 7.91. The van der Waals surface area contributed by atoms with Crippen LogP contribution in [0.1, 0.15) is 5.56 Å². The molecule has 0 amide bonds. The van der Waals surface area contributed by atoms with Crippen LogP contribution in [0.2, 0.25) is 0 Å². The lowest BCUT2D eigenvalue weighted by Gasteiger charge is -2.11. The molecule has 1 aromatic rings. The predicted molar refractivity (Wildman–Crippen MR) is 64.1 cm³/mol. The first kappa shape index (κ1) is 13.2. The number of phenols is 1. The Labute approximate surface area is 107 Å². The van der Waals surface area contributed by atoms with E-state index in [1.165, 1.54) is 18.2 Å². The Bertz CT molecular complexity index is 424. The van der Waals surface area contributed by atoms with Crippen LogP contribution in [0.4, 0.5) is 0 Å². The summed E-state index contributed by atoms with van der Waals surface area (Å²) in [6, 6.07) is 4.34. The lowest BCUT2D eigenvalue weighted by molar-refractivity contribution is -0.133. The molecule has 1 N–H and O–H groups in total. The fourth-order valence-corrected chi connectivity index (χ4v) is 1.02. The average molecular weight is 282 g/mol. The molecular weight excluding hydrogens is 274 g/mol. The van der Waals surface area contributed by atoms with Gasteiger partial charge >= 0.3 is 5.97 Å². The van der Waals surface area contributed by atoms with E-state index in [2.05, 4.69) is 6.58 Å². The molecule has 86 valence electrons. The molecule has 0 aliphatic carbocycles. The molecule has 0 aromatic heterocycles. The molecule has 0 heterocycles. The Morgan fingerprint density at radius 1 is 1.44 bits per heavy atom. The van der Waals surface area contributed by atoms with Gasteiger partial charge in [0.15, 0.2) is 11.5 Å². The van der Waals surface area contributed by atoms with Gasteiger partial charge in [-0.05, 0) is 17.7 Å². The van der Waals surface area contributed by atoms with Gasteiger partial charge in [-0.1, -0.05) is 53.5 Å². The maximum atomic E-state index is 11.2. The topological polar surface area (TPSA) is 46.5 Å². The Hall–Kier alpha value is -0.900. The lowest BCUT2D eigenvalue weighted by atomic mass is 10.2. The number of hydrogen-bond acceptors (Lipinski definition) is 3. The van der Waals surface area contributed by atoms with Gasteiger partial charge in [0.2, 0.25) is 0 Å². The summed E-state index contributed by atoms with van der Waals surface area (Å²) in [4.78, 5) is 11.2. The van der Waals surface area contributed by atoms with Crippen LogP contribution in [0.5, 0.6) is 11.5 Å². The molecule has 6 heteroatoms. The molecule has 16 heavy (non-hydrogen) atoms. The smallest absolute Gasteiger partial charge is 0.364 e. The van der Waals surface area contributed by atoms with Gasteiger partial charge in [0.25, 0.3) is 3.79 Å². The number of rotatable bonds is 2. The molecule has 0 aliphatic heterocycles. The van der Waals surface area contributed by atoms with Crippen LogP contribution in [0, 0.1) is 0 Å². The van der Waals surface area contributed by atoms with Crippen LogP contribution in [-0.2, 0) is 4.79 Å². The van der Waals surface area contributed by atoms with Crippen LogP contribution >= 0.6 is 34.8 Å². The van der Waals surface area contributed by atoms with Gasteiger partial charge in [-0.3, -0.25) is 0 Å². The van der Waals surface area contributed by atoms with Crippen molar-refractivity contribution in [3.63, 3.8) is 0 Å². The zero-order chi connectivity index (χ0) is 12.3. The summed E-state index contributed by atoms with van der Waals surface area (Å²) in [5.74, 6) is -1.40. The fraction of sp³-hybridized carbons (Fsp3) is 0.100. The number of carbonyl (C=O) groups is 1. The summed E-state index contributed by atoms with van der Waals surface area (Å²) >= 11 is 15.9. The van der Waals surface area contributed by atoms with E-state index in [1.54, 1.807) is 6.07 Å². The van der Waals surface area contributed by atoms with Crippen molar-refractivity contribution in [3.05, 3.63) is 30.3 Å². The number of esters is 1. The molecule has 0 bridgehead atoms. The third-order valence-corrected chi connectivity index (χ3v) is 2.12. The standard InChI is InChI=1S/C10H7Cl3O3/c1-2-6-3-4-8(7(14)5-6)16-9(15)10(11,12)13/h2-5,14H,1H2. The second kappa shape index (κ2) is 4.95. The molecule has 3 nitrogen and oxygen atoms in total. The van der Waals surface area contributed by atoms with E-state index in [1.807, 2.05) is 0 Å². The van der Waals surface area contributed by atoms with Crippen molar-refractivity contribution in [2.45, 2.75) is 3.79 Å². The van der Waals surface area contributed by atoms with Crippen molar-refractivity contribution >= 4 is 46.8 Å². The molecule has 0 aliphatic rings. The number of phenolic OH excluding ortho intramolecular Hbond substituents is 1. The van der Waals surface area contributed by atoms with E-state index in [4.69, 9.17) is 39.5 Å². The summed E-state index contributed by atoms with van der Waals surface area (Å²) in [5, 5.41) is 9.48. The number of ether oxygens (including phenoxy) is 1. The van der Waals surface area contributed by atoms with Gasteiger partial charge in [-0.2, -0.15) is 0 Å². The Kier molecular flexibility index (Phi) is 4.08. The van der Waals surface area contributed by atoms with Crippen molar-refractivity contribution < 1.29 is 14.6 Å². The van der Waals surface area contributed by atoms with Crippen LogP contribution < -0.4 is 4.74 Å². The summed E-state index contributed by atoms with van der Waals surface area (Å²) < 4.78 is 2.51. The molecular formula is C10H7Cl3O3. The number of benzene rings is 1. The maximum Gasteiger partial charge on any atom is 0.364 e. The molecule has 0 radical (unpaired) electrons. The van der Waals surface area contributed by atoms with Crippen LogP contribution in [0.15, 0.2) is 24.8 Å². The van der Waals surface area contributed by atoms with Gasteiger partial charge in [-0.15, -0.1) is 0 Å². The highest BCUT2D eigenvalue weighted by atomic mass is 35.6. The van der Waals surface area contributed by atoms with Crippen molar-refractivity contribution in [2.24, 2.45) is 0 Å². The van der Waals surface area contributed by atoms with E-state index < -0.39 is 9.76 Å². The van der Waals surface area contributed by atoms with Crippen LogP contribution in [0.25, 0.3) is 6.08 Å². The summed E-state index contributed by atoms with van der Waals surface area (Å²) in [6.07, 6.45) is 1.53.